The normalized spacial score (nSPS) is 9.00. The van der Waals surface area contributed by atoms with Crippen molar-refractivity contribution >= 4 is 11.9 Å². The third-order valence-electron chi connectivity index (χ3n) is 1.23. The van der Waals surface area contributed by atoms with Gasteiger partial charge < -0.3 is 9.47 Å². The number of carbonyl (C=O) groups is 2. The molecule has 0 rings (SSSR count). The van der Waals surface area contributed by atoms with Gasteiger partial charge in [-0.2, -0.15) is 0 Å². The Morgan fingerprint density at radius 3 is 2.21 bits per heavy atom. The Kier molecular flexibility index (Phi) is 5.29. The van der Waals surface area contributed by atoms with Gasteiger partial charge in [-0.3, -0.25) is 0 Å². The van der Waals surface area contributed by atoms with E-state index in [0.717, 1.165) is 0 Å². The van der Waals surface area contributed by atoms with E-state index in [1.807, 2.05) is 6.92 Å². The summed E-state index contributed by atoms with van der Waals surface area (Å²) in [5.74, 6) is -1.71. The van der Waals surface area contributed by atoms with Gasteiger partial charge in [-0.05, 0) is 19.9 Å². The van der Waals surface area contributed by atoms with Crippen molar-refractivity contribution in [3.63, 3.8) is 0 Å². The predicted molar refractivity (Wildman–Crippen MR) is 51.3 cm³/mol. The zero-order valence-corrected chi connectivity index (χ0v) is 8.46. The lowest BCUT2D eigenvalue weighted by Gasteiger charge is -2.06. The van der Waals surface area contributed by atoms with E-state index in [4.69, 9.17) is 0 Å². The molecule has 0 aliphatic heterocycles. The Hall–Kier alpha value is -1.58. The molecule has 0 saturated carbocycles. The highest BCUT2D eigenvalue weighted by molar-refractivity contribution is 5.93. The smallest absolute Gasteiger partial charge is 0.373 e. The lowest BCUT2D eigenvalue weighted by Crippen LogP contribution is -2.14. The molecule has 0 aromatic carbocycles. The summed E-state index contributed by atoms with van der Waals surface area (Å²) in [5.41, 5.74) is 0.203. The Labute approximate surface area is 83.2 Å². The summed E-state index contributed by atoms with van der Waals surface area (Å²) in [7, 11) is 0. The second-order valence-electron chi connectivity index (χ2n) is 2.73. The molecule has 78 valence electrons. The van der Waals surface area contributed by atoms with Crippen molar-refractivity contribution in [2.75, 3.05) is 6.61 Å². The monoisotopic (exact) mass is 198 g/mol. The van der Waals surface area contributed by atoms with Crippen LogP contribution in [0.15, 0.2) is 24.5 Å². The van der Waals surface area contributed by atoms with Crippen LogP contribution < -0.4 is 0 Å². The molecule has 14 heavy (non-hydrogen) atoms. The topological polar surface area (TPSA) is 52.6 Å². The fourth-order valence-electron chi connectivity index (χ4n) is 0.516. The Morgan fingerprint density at radius 2 is 1.79 bits per heavy atom. The standard InChI is InChI=1S/C10H14O4/c1-5-6-13-10(12)8(4)14-9(11)7(2)3/h2,4-6H2,1,3H3. The van der Waals surface area contributed by atoms with Gasteiger partial charge in [0.1, 0.15) is 0 Å². The van der Waals surface area contributed by atoms with Gasteiger partial charge in [0.15, 0.2) is 0 Å². The second-order valence-corrected chi connectivity index (χ2v) is 2.73. The highest BCUT2D eigenvalue weighted by atomic mass is 16.6. The summed E-state index contributed by atoms with van der Waals surface area (Å²) in [6.07, 6.45) is 0.702. The molecular weight excluding hydrogens is 184 g/mol. The number of ether oxygens (including phenoxy) is 2. The Bertz CT molecular complexity index is 265. The van der Waals surface area contributed by atoms with Crippen LogP contribution in [0.3, 0.4) is 0 Å². The number of carbonyl (C=O) groups excluding carboxylic acids is 2. The van der Waals surface area contributed by atoms with Crippen LogP contribution in [0.25, 0.3) is 0 Å². The molecule has 0 N–H and O–H groups in total. The number of esters is 2. The van der Waals surface area contributed by atoms with Gasteiger partial charge in [0.25, 0.3) is 0 Å². The van der Waals surface area contributed by atoms with Gasteiger partial charge in [0.2, 0.25) is 5.76 Å². The molecular formula is C10H14O4. The molecule has 0 aliphatic rings. The molecule has 0 bridgehead atoms. The third-order valence-corrected chi connectivity index (χ3v) is 1.23. The van der Waals surface area contributed by atoms with E-state index in [-0.39, 0.29) is 17.9 Å². The van der Waals surface area contributed by atoms with Crippen LogP contribution in [0.2, 0.25) is 0 Å². The van der Waals surface area contributed by atoms with Gasteiger partial charge in [0.05, 0.1) is 6.61 Å². The zero-order valence-electron chi connectivity index (χ0n) is 8.46. The van der Waals surface area contributed by atoms with Crippen LogP contribution >= 0.6 is 0 Å². The van der Waals surface area contributed by atoms with Gasteiger partial charge in [-0.1, -0.05) is 13.5 Å². The van der Waals surface area contributed by atoms with E-state index in [2.05, 4.69) is 22.6 Å². The highest BCUT2D eigenvalue weighted by Gasteiger charge is 2.14. The molecule has 0 fully saturated rings. The maximum atomic E-state index is 11.0. The Balaban J connectivity index is 4.02. The number of hydrogen-bond donors (Lipinski definition) is 0. The highest BCUT2D eigenvalue weighted by Crippen LogP contribution is 2.02. The lowest BCUT2D eigenvalue weighted by molar-refractivity contribution is -0.149. The molecule has 0 aromatic heterocycles. The van der Waals surface area contributed by atoms with Crippen LogP contribution in [0.4, 0.5) is 0 Å². The van der Waals surface area contributed by atoms with Crippen LogP contribution in [-0.4, -0.2) is 18.5 Å². The van der Waals surface area contributed by atoms with E-state index in [1.165, 1.54) is 6.92 Å². The van der Waals surface area contributed by atoms with Crippen molar-refractivity contribution in [3.05, 3.63) is 24.5 Å². The predicted octanol–water partition coefficient (Wildman–Crippen LogP) is 1.57. The fourth-order valence-corrected chi connectivity index (χ4v) is 0.516. The zero-order chi connectivity index (χ0) is 11.1. The summed E-state index contributed by atoms with van der Waals surface area (Å²) in [5, 5.41) is 0. The first-order valence-corrected chi connectivity index (χ1v) is 4.22. The molecule has 0 atom stereocenters. The minimum absolute atomic E-state index is 0.203. The van der Waals surface area contributed by atoms with Crippen molar-refractivity contribution in [3.8, 4) is 0 Å². The van der Waals surface area contributed by atoms with Crippen LogP contribution in [0.1, 0.15) is 20.3 Å². The average Bonchev–Trinajstić information content (AvgIpc) is 2.13. The fraction of sp³-hybridized carbons (Fsp3) is 0.400. The van der Waals surface area contributed by atoms with Crippen molar-refractivity contribution in [2.45, 2.75) is 20.3 Å². The van der Waals surface area contributed by atoms with Gasteiger partial charge in [0, 0.05) is 5.57 Å². The maximum Gasteiger partial charge on any atom is 0.373 e. The molecule has 0 heterocycles. The van der Waals surface area contributed by atoms with E-state index in [0.29, 0.717) is 6.42 Å². The van der Waals surface area contributed by atoms with Gasteiger partial charge in [-0.25, -0.2) is 9.59 Å². The molecule has 4 nitrogen and oxygen atoms in total. The molecule has 0 amide bonds. The van der Waals surface area contributed by atoms with E-state index < -0.39 is 11.9 Å². The first kappa shape index (κ1) is 12.4. The number of rotatable bonds is 5. The molecule has 0 saturated heterocycles. The van der Waals surface area contributed by atoms with Gasteiger partial charge in [-0.15, -0.1) is 0 Å². The van der Waals surface area contributed by atoms with Crippen molar-refractivity contribution in [1.82, 2.24) is 0 Å². The van der Waals surface area contributed by atoms with Crippen molar-refractivity contribution in [2.24, 2.45) is 0 Å². The first-order chi connectivity index (χ1) is 6.49. The van der Waals surface area contributed by atoms with Crippen LogP contribution in [-0.2, 0) is 19.1 Å². The molecule has 0 unspecified atom stereocenters. The average molecular weight is 198 g/mol. The molecule has 0 aliphatic carbocycles. The van der Waals surface area contributed by atoms with E-state index in [1.54, 1.807) is 0 Å². The van der Waals surface area contributed by atoms with Gasteiger partial charge >= 0.3 is 11.9 Å². The SMILES string of the molecule is C=C(C)C(=O)OC(=C)C(=O)OCCC. The molecule has 0 radical (unpaired) electrons. The summed E-state index contributed by atoms with van der Waals surface area (Å²) in [6.45, 7) is 10.2. The largest absolute Gasteiger partial charge is 0.460 e. The molecule has 0 aromatic rings. The Morgan fingerprint density at radius 1 is 1.21 bits per heavy atom. The summed E-state index contributed by atoms with van der Waals surface area (Å²) < 4.78 is 9.25. The minimum atomic E-state index is -0.721. The maximum absolute atomic E-state index is 11.0. The summed E-state index contributed by atoms with van der Waals surface area (Å²) in [6, 6.07) is 0. The molecule has 4 heteroatoms. The quantitative estimate of drug-likeness (QED) is 0.382. The summed E-state index contributed by atoms with van der Waals surface area (Å²) >= 11 is 0. The van der Waals surface area contributed by atoms with E-state index >= 15 is 0 Å². The van der Waals surface area contributed by atoms with Crippen molar-refractivity contribution in [1.29, 1.82) is 0 Å². The minimum Gasteiger partial charge on any atom is -0.460 e. The summed E-state index contributed by atoms with van der Waals surface area (Å²) in [4.78, 5) is 22.0. The van der Waals surface area contributed by atoms with Crippen LogP contribution in [0, 0.1) is 0 Å². The second kappa shape index (κ2) is 5.96. The van der Waals surface area contributed by atoms with Crippen molar-refractivity contribution < 1.29 is 19.1 Å². The third kappa shape index (κ3) is 4.45. The lowest BCUT2D eigenvalue weighted by atomic mass is 10.4. The first-order valence-electron chi connectivity index (χ1n) is 4.22. The number of hydrogen-bond acceptors (Lipinski definition) is 4. The molecule has 0 spiro atoms. The van der Waals surface area contributed by atoms with Crippen LogP contribution in [0.5, 0.6) is 0 Å². The van der Waals surface area contributed by atoms with E-state index in [9.17, 15) is 9.59 Å².